The second kappa shape index (κ2) is 7.77. The van der Waals surface area contributed by atoms with Gasteiger partial charge in [-0.2, -0.15) is 0 Å². The van der Waals surface area contributed by atoms with Gasteiger partial charge in [0.2, 0.25) is 11.8 Å². The summed E-state index contributed by atoms with van der Waals surface area (Å²) < 4.78 is 0. The third kappa shape index (κ3) is 2.95. The molecule has 3 aromatic rings. The first kappa shape index (κ1) is 20.5. The molecule has 4 heteroatoms. The Hall–Kier alpha value is -4.05. The van der Waals surface area contributed by atoms with Crippen molar-refractivity contribution in [2.75, 3.05) is 4.90 Å². The number of ketones is 1. The third-order valence-electron chi connectivity index (χ3n) is 7.34. The van der Waals surface area contributed by atoms with Gasteiger partial charge in [-0.15, -0.1) is 0 Å². The number of rotatable bonds is 4. The number of benzene rings is 3. The van der Waals surface area contributed by atoms with Crippen molar-refractivity contribution < 1.29 is 14.4 Å². The van der Waals surface area contributed by atoms with E-state index >= 15 is 0 Å². The molecule has 0 aromatic heterocycles. The van der Waals surface area contributed by atoms with Crippen LogP contribution in [0.2, 0.25) is 0 Å². The topological polar surface area (TPSA) is 54.5 Å². The van der Waals surface area contributed by atoms with Gasteiger partial charge >= 0.3 is 0 Å². The van der Waals surface area contributed by atoms with Crippen molar-refractivity contribution in [1.29, 1.82) is 0 Å². The Kier molecular flexibility index (Phi) is 4.70. The van der Waals surface area contributed by atoms with Crippen LogP contribution in [0.3, 0.4) is 0 Å². The van der Waals surface area contributed by atoms with Gasteiger partial charge in [-0.3, -0.25) is 14.4 Å². The van der Waals surface area contributed by atoms with Crippen LogP contribution in [0.5, 0.6) is 0 Å². The standard InChI is InChI=1S/C30H23NO3/c1-18(32)21-13-8-14-22(17-21)31-29(33)27-23-15-16-24(28(27)30(31)34)26(23)25(19-9-4-2-5-10-19)20-11-6-3-7-12-20/h2-17,23-24,27-28H,1H3/t23-,24+,27+,28-. The summed E-state index contributed by atoms with van der Waals surface area (Å²) in [5, 5.41) is 0. The van der Waals surface area contributed by atoms with Crippen molar-refractivity contribution in [3.05, 3.63) is 119 Å². The molecule has 2 bridgehead atoms. The maximum absolute atomic E-state index is 13.7. The fourth-order valence-corrected chi connectivity index (χ4v) is 5.92. The zero-order chi connectivity index (χ0) is 23.4. The maximum Gasteiger partial charge on any atom is 0.238 e. The molecule has 0 N–H and O–H groups in total. The fraction of sp³-hybridized carbons (Fsp3) is 0.167. The van der Waals surface area contributed by atoms with Crippen molar-refractivity contribution in [2.24, 2.45) is 23.7 Å². The number of amides is 2. The Bertz CT molecular complexity index is 1310. The van der Waals surface area contributed by atoms with E-state index in [1.165, 1.54) is 11.8 Å². The number of carbonyl (C=O) groups excluding carboxylic acids is 3. The molecular formula is C30H23NO3. The van der Waals surface area contributed by atoms with Crippen molar-refractivity contribution in [2.45, 2.75) is 6.92 Å². The van der Waals surface area contributed by atoms with Gasteiger partial charge in [-0.25, -0.2) is 4.90 Å². The second-order valence-electron chi connectivity index (χ2n) is 9.17. The summed E-state index contributed by atoms with van der Waals surface area (Å²) in [7, 11) is 0. The predicted molar refractivity (Wildman–Crippen MR) is 131 cm³/mol. The Balaban J connectivity index is 1.47. The first-order chi connectivity index (χ1) is 16.6. The lowest BCUT2D eigenvalue weighted by molar-refractivity contribution is -0.122. The molecule has 3 aromatic carbocycles. The molecule has 1 saturated carbocycles. The monoisotopic (exact) mass is 445 g/mol. The summed E-state index contributed by atoms with van der Waals surface area (Å²) >= 11 is 0. The summed E-state index contributed by atoms with van der Waals surface area (Å²) in [6.45, 7) is 1.48. The van der Waals surface area contributed by atoms with E-state index in [0.717, 1.165) is 22.3 Å². The molecular weight excluding hydrogens is 422 g/mol. The number of imide groups is 1. The number of Topliss-reactive ketones (excluding diaryl/α,β-unsaturated/α-hetero) is 1. The lowest BCUT2D eigenvalue weighted by Crippen LogP contribution is -2.33. The molecule has 6 rings (SSSR count). The van der Waals surface area contributed by atoms with Crippen molar-refractivity contribution >= 4 is 28.9 Å². The second-order valence-corrected chi connectivity index (χ2v) is 9.17. The van der Waals surface area contributed by atoms with Gasteiger partial charge in [0.25, 0.3) is 0 Å². The van der Waals surface area contributed by atoms with Crippen LogP contribution in [-0.2, 0) is 9.59 Å². The van der Waals surface area contributed by atoms with Crippen LogP contribution < -0.4 is 4.90 Å². The van der Waals surface area contributed by atoms with Crippen molar-refractivity contribution in [1.82, 2.24) is 0 Å². The normalized spacial score (nSPS) is 24.6. The van der Waals surface area contributed by atoms with E-state index in [0.29, 0.717) is 11.3 Å². The van der Waals surface area contributed by atoms with Crippen LogP contribution in [0.1, 0.15) is 28.4 Å². The molecule has 1 aliphatic heterocycles. The molecule has 3 aliphatic rings. The molecule has 1 heterocycles. The van der Waals surface area contributed by atoms with E-state index in [4.69, 9.17) is 0 Å². The van der Waals surface area contributed by atoms with Gasteiger partial charge in [0, 0.05) is 17.4 Å². The average Bonchev–Trinajstić information content (AvgIpc) is 3.50. The first-order valence-electron chi connectivity index (χ1n) is 11.6. The number of allylic oxidation sites excluding steroid dienone is 3. The number of hydrogen-bond donors (Lipinski definition) is 0. The van der Waals surface area contributed by atoms with Gasteiger partial charge in [0.15, 0.2) is 5.78 Å². The summed E-state index contributed by atoms with van der Waals surface area (Å²) in [4.78, 5) is 40.5. The largest absolute Gasteiger partial charge is 0.295 e. The number of hydrogen-bond acceptors (Lipinski definition) is 3. The highest BCUT2D eigenvalue weighted by Gasteiger charge is 2.62. The van der Waals surface area contributed by atoms with E-state index in [1.807, 2.05) is 36.4 Å². The highest BCUT2D eigenvalue weighted by Crippen LogP contribution is 2.58. The maximum atomic E-state index is 13.7. The van der Waals surface area contributed by atoms with Gasteiger partial charge in [-0.1, -0.05) is 84.9 Å². The zero-order valence-corrected chi connectivity index (χ0v) is 18.7. The SMILES string of the molecule is CC(=O)c1cccc(N2C(=O)[C@@H]3[C@H](C2=O)[C@H]2C=C[C@@H]3C2=C(c2ccccc2)c2ccccc2)c1. The van der Waals surface area contributed by atoms with E-state index < -0.39 is 11.8 Å². The average molecular weight is 446 g/mol. The van der Waals surface area contributed by atoms with Crippen LogP contribution >= 0.6 is 0 Å². The number of nitrogens with zero attached hydrogens (tertiary/aromatic N) is 1. The Morgan fingerprint density at radius 2 is 1.18 bits per heavy atom. The lowest BCUT2D eigenvalue weighted by atomic mass is 9.85. The van der Waals surface area contributed by atoms with Crippen molar-refractivity contribution in [3.8, 4) is 0 Å². The highest BCUT2D eigenvalue weighted by atomic mass is 16.2. The molecule has 2 fully saturated rings. The minimum atomic E-state index is -0.416. The zero-order valence-electron chi connectivity index (χ0n) is 18.7. The van der Waals surface area contributed by atoms with Gasteiger partial charge in [0.1, 0.15) is 0 Å². The van der Waals surface area contributed by atoms with Gasteiger partial charge in [0.05, 0.1) is 17.5 Å². The highest BCUT2D eigenvalue weighted by molar-refractivity contribution is 6.23. The summed E-state index contributed by atoms with van der Waals surface area (Å²) in [5.41, 5.74) is 5.43. The molecule has 4 atom stereocenters. The molecule has 0 unspecified atom stereocenters. The molecule has 4 nitrogen and oxygen atoms in total. The molecule has 1 saturated heterocycles. The van der Waals surface area contributed by atoms with E-state index in [2.05, 4.69) is 36.4 Å². The summed E-state index contributed by atoms with van der Waals surface area (Å²) in [6, 6.07) is 27.2. The summed E-state index contributed by atoms with van der Waals surface area (Å²) in [6.07, 6.45) is 4.21. The predicted octanol–water partition coefficient (Wildman–Crippen LogP) is 5.31. The molecule has 0 spiro atoms. The van der Waals surface area contributed by atoms with Crippen LogP contribution in [0.4, 0.5) is 5.69 Å². The van der Waals surface area contributed by atoms with E-state index in [-0.39, 0.29) is 29.4 Å². The molecule has 34 heavy (non-hydrogen) atoms. The van der Waals surface area contributed by atoms with E-state index in [1.54, 1.807) is 24.3 Å². The van der Waals surface area contributed by atoms with E-state index in [9.17, 15) is 14.4 Å². The Morgan fingerprint density at radius 3 is 1.68 bits per heavy atom. The van der Waals surface area contributed by atoms with Gasteiger partial charge in [-0.05, 0) is 41.3 Å². The quantitative estimate of drug-likeness (QED) is 0.311. The van der Waals surface area contributed by atoms with Gasteiger partial charge < -0.3 is 0 Å². The van der Waals surface area contributed by atoms with Crippen LogP contribution in [0.25, 0.3) is 5.57 Å². The van der Waals surface area contributed by atoms with Crippen molar-refractivity contribution in [3.63, 3.8) is 0 Å². The number of carbonyl (C=O) groups is 3. The number of anilines is 1. The van der Waals surface area contributed by atoms with Crippen LogP contribution in [0, 0.1) is 23.7 Å². The lowest BCUT2D eigenvalue weighted by Gasteiger charge is -2.22. The minimum absolute atomic E-state index is 0.0940. The minimum Gasteiger partial charge on any atom is -0.295 e. The third-order valence-corrected chi connectivity index (χ3v) is 7.34. The molecule has 2 aliphatic carbocycles. The van der Waals surface area contributed by atoms with Crippen LogP contribution in [0.15, 0.2) is 103 Å². The summed E-state index contributed by atoms with van der Waals surface area (Å²) in [5.74, 6) is -1.52. The Morgan fingerprint density at radius 1 is 0.676 bits per heavy atom. The number of fused-ring (bicyclic) bond motifs is 5. The van der Waals surface area contributed by atoms with Crippen LogP contribution in [-0.4, -0.2) is 17.6 Å². The first-order valence-corrected chi connectivity index (χ1v) is 11.6. The fourth-order valence-electron chi connectivity index (χ4n) is 5.92. The Labute approximate surface area is 198 Å². The smallest absolute Gasteiger partial charge is 0.238 e. The molecule has 0 radical (unpaired) electrons. The molecule has 2 amide bonds. The molecule has 166 valence electrons.